The summed E-state index contributed by atoms with van der Waals surface area (Å²) in [7, 11) is -4.80. The van der Waals surface area contributed by atoms with Crippen LogP contribution < -0.4 is 5.73 Å². The fourth-order valence-corrected chi connectivity index (χ4v) is 8.67. The van der Waals surface area contributed by atoms with E-state index in [4.69, 9.17) is 24.3 Å². The SMILES string of the molecule is CCCCCCCCCCCCCCCCC[C@@H](COP(=O)(O)OC1[C@@]2(C)O[C@@H](c3ccc4c(N)ncnn34)[C@H](O)[C@@]12O)OCc1cc(F)cc(C#N)c1. The largest absolute Gasteiger partial charge is 0.472 e. The van der Waals surface area contributed by atoms with Crippen LogP contribution in [0.3, 0.4) is 0 Å². The molecule has 0 radical (unpaired) electrons. The van der Waals surface area contributed by atoms with Crippen LogP contribution in [0.15, 0.2) is 36.7 Å². The third-order valence-corrected chi connectivity index (χ3v) is 11.8. The van der Waals surface area contributed by atoms with Crippen molar-refractivity contribution in [3.8, 4) is 6.07 Å². The summed E-state index contributed by atoms with van der Waals surface area (Å²) in [5.74, 6) is -0.338. The van der Waals surface area contributed by atoms with Crippen molar-refractivity contribution in [1.29, 1.82) is 5.26 Å². The highest BCUT2D eigenvalue weighted by atomic mass is 31.2. The number of anilines is 1. The number of rotatable bonds is 25. The second-order valence-electron chi connectivity index (χ2n) is 15.0. The molecule has 2 aliphatic rings. The molecule has 298 valence electrons. The standard InChI is InChI=1S/C39H57FN5O8P/c1-3-4-5-6-7-8-9-10-11-12-13-14-15-16-17-18-31(50-25-29-21-28(24-41)22-30(40)23-29)26-51-54(48,49)53-37-38(2)39(37,47)35(46)34(52-38)32-19-20-33-36(42)43-27-44-45(32)33/h19-23,27,31,34-35,37,46-47H,3-18,25-26H2,1-2H3,(H,48,49)(H2,42,43,44)/t31-,34-,35-,37?,38+,39+/m0/s1. The van der Waals surface area contributed by atoms with E-state index in [1.54, 1.807) is 12.1 Å². The van der Waals surface area contributed by atoms with Gasteiger partial charge < -0.3 is 30.3 Å². The highest BCUT2D eigenvalue weighted by Crippen LogP contribution is 2.68. The number of hydrogen-bond donors (Lipinski definition) is 4. The number of benzene rings is 1. The zero-order valence-corrected chi connectivity index (χ0v) is 32.5. The van der Waals surface area contributed by atoms with E-state index in [1.165, 1.54) is 101 Å². The first-order valence-corrected chi connectivity index (χ1v) is 21.1. The molecule has 7 atom stereocenters. The number of unbranched alkanes of at least 4 members (excludes halogenated alkanes) is 14. The van der Waals surface area contributed by atoms with E-state index < -0.39 is 49.3 Å². The molecule has 2 fully saturated rings. The van der Waals surface area contributed by atoms with Crippen molar-refractivity contribution in [1.82, 2.24) is 14.6 Å². The molecule has 1 saturated carbocycles. The Kier molecular flexibility index (Phi) is 15.0. The van der Waals surface area contributed by atoms with Gasteiger partial charge in [-0.25, -0.2) is 18.5 Å². The van der Waals surface area contributed by atoms with Crippen LogP contribution in [0.25, 0.3) is 5.52 Å². The molecule has 0 amide bonds. The lowest BCUT2D eigenvalue weighted by Crippen LogP contribution is -2.35. The van der Waals surface area contributed by atoms with Crippen LogP contribution in [0, 0.1) is 17.1 Å². The zero-order valence-electron chi connectivity index (χ0n) is 31.6. The zero-order chi connectivity index (χ0) is 38.8. The summed E-state index contributed by atoms with van der Waals surface area (Å²) in [6.07, 6.45) is 15.5. The van der Waals surface area contributed by atoms with Gasteiger partial charge in [0.1, 0.15) is 41.6 Å². The number of fused-ring (bicyclic) bond motifs is 2. The molecule has 1 aliphatic carbocycles. The minimum absolute atomic E-state index is 0.0390. The maximum absolute atomic E-state index is 14.1. The Hall–Kier alpha value is -2.99. The van der Waals surface area contributed by atoms with Gasteiger partial charge in [0.2, 0.25) is 0 Å². The number of aliphatic hydroxyl groups excluding tert-OH is 1. The number of phosphoric acid groups is 1. The lowest BCUT2D eigenvalue weighted by Gasteiger charge is -2.24. The molecule has 5 N–H and O–H groups in total. The van der Waals surface area contributed by atoms with Gasteiger partial charge in [0.25, 0.3) is 0 Å². The molecule has 1 aromatic carbocycles. The molecule has 2 aromatic heterocycles. The number of nitriles is 1. The Morgan fingerprint density at radius 3 is 2.26 bits per heavy atom. The van der Waals surface area contributed by atoms with E-state index in [-0.39, 0.29) is 24.6 Å². The van der Waals surface area contributed by atoms with Gasteiger partial charge in [0.15, 0.2) is 11.4 Å². The number of nitrogen functional groups attached to an aromatic ring is 1. The fraction of sp³-hybridized carbons (Fsp3) is 0.667. The highest BCUT2D eigenvalue weighted by Gasteiger charge is 2.87. The lowest BCUT2D eigenvalue weighted by molar-refractivity contribution is -0.0816. The van der Waals surface area contributed by atoms with Crippen molar-refractivity contribution < 1.29 is 42.6 Å². The van der Waals surface area contributed by atoms with Crippen molar-refractivity contribution in [2.45, 2.75) is 159 Å². The molecule has 54 heavy (non-hydrogen) atoms. The molecule has 15 heteroatoms. The van der Waals surface area contributed by atoms with Crippen LogP contribution in [0.2, 0.25) is 0 Å². The van der Waals surface area contributed by atoms with E-state index in [0.717, 1.165) is 31.7 Å². The molecule has 2 unspecified atom stereocenters. The van der Waals surface area contributed by atoms with Gasteiger partial charge in [-0.05, 0) is 49.2 Å². The second kappa shape index (κ2) is 19.2. The van der Waals surface area contributed by atoms with E-state index in [9.17, 15) is 29.3 Å². The minimum atomic E-state index is -4.80. The molecular formula is C39H57FN5O8P. The van der Waals surface area contributed by atoms with E-state index >= 15 is 0 Å². The van der Waals surface area contributed by atoms with Crippen LogP contribution in [-0.2, 0) is 29.7 Å². The summed E-state index contributed by atoms with van der Waals surface area (Å²) < 4.78 is 51.6. The quantitative estimate of drug-likeness (QED) is 0.0487. The Bertz CT molecular complexity index is 1760. The third kappa shape index (κ3) is 10.2. The summed E-state index contributed by atoms with van der Waals surface area (Å²) in [5.41, 5.74) is 3.90. The third-order valence-electron chi connectivity index (χ3n) is 10.9. The first kappa shape index (κ1) is 42.2. The first-order chi connectivity index (χ1) is 25.9. The summed E-state index contributed by atoms with van der Waals surface area (Å²) in [6, 6.07) is 9.17. The van der Waals surface area contributed by atoms with Gasteiger partial charge in [0, 0.05) is 0 Å². The number of aliphatic hydroxyl groups is 2. The normalized spacial score (nSPS) is 25.0. The Morgan fingerprint density at radius 1 is 1.04 bits per heavy atom. The predicted octanol–water partition coefficient (Wildman–Crippen LogP) is 7.61. The number of phosphoric ester groups is 1. The van der Waals surface area contributed by atoms with Gasteiger partial charge in [-0.15, -0.1) is 0 Å². The van der Waals surface area contributed by atoms with Crippen LogP contribution >= 0.6 is 7.82 Å². The van der Waals surface area contributed by atoms with Gasteiger partial charge in [-0.1, -0.05) is 103 Å². The molecule has 3 heterocycles. The monoisotopic (exact) mass is 773 g/mol. The summed E-state index contributed by atoms with van der Waals surface area (Å²) >= 11 is 0. The average Bonchev–Trinajstić information content (AvgIpc) is 3.40. The maximum Gasteiger partial charge on any atom is 0.472 e. The van der Waals surface area contributed by atoms with E-state index in [1.807, 2.05) is 6.07 Å². The van der Waals surface area contributed by atoms with Crippen LogP contribution in [-0.4, -0.2) is 65.8 Å². The van der Waals surface area contributed by atoms with Crippen molar-refractivity contribution in [3.05, 3.63) is 59.3 Å². The molecule has 1 saturated heterocycles. The topological polar surface area (TPSA) is 195 Å². The Balaban J connectivity index is 1.08. The summed E-state index contributed by atoms with van der Waals surface area (Å²) in [5, 5.41) is 36.0. The maximum atomic E-state index is 14.1. The lowest BCUT2D eigenvalue weighted by atomic mass is 10.0. The summed E-state index contributed by atoms with van der Waals surface area (Å²) in [6.45, 7) is 3.37. The highest BCUT2D eigenvalue weighted by molar-refractivity contribution is 7.47. The predicted molar refractivity (Wildman–Crippen MR) is 200 cm³/mol. The van der Waals surface area contributed by atoms with Crippen LogP contribution in [0.1, 0.15) is 140 Å². The Morgan fingerprint density at radius 2 is 1.67 bits per heavy atom. The van der Waals surface area contributed by atoms with Gasteiger partial charge >= 0.3 is 7.82 Å². The molecule has 3 aromatic rings. The van der Waals surface area contributed by atoms with Crippen LogP contribution in [0.4, 0.5) is 10.2 Å². The van der Waals surface area contributed by atoms with Crippen molar-refractivity contribution in [2.24, 2.45) is 0 Å². The molecule has 5 rings (SSSR count). The molecule has 1 aliphatic heterocycles. The van der Waals surface area contributed by atoms with E-state index in [0.29, 0.717) is 23.2 Å². The smallest absolute Gasteiger partial charge is 0.387 e. The van der Waals surface area contributed by atoms with Crippen molar-refractivity contribution in [3.63, 3.8) is 0 Å². The van der Waals surface area contributed by atoms with Gasteiger partial charge in [-0.2, -0.15) is 10.4 Å². The Labute approximate surface area is 317 Å². The van der Waals surface area contributed by atoms with Crippen LogP contribution in [0.5, 0.6) is 0 Å². The van der Waals surface area contributed by atoms with Crippen molar-refractivity contribution in [2.75, 3.05) is 12.3 Å². The van der Waals surface area contributed by atoms with E-state index in [2.05, 4.69) is 17.0 Å². The van der Waals surface area contributed by atoms with Crippen molar-refractivity contribution >= 4 is 19.2 Å². The number of hydrogen-bond acceptors (Lipinski definition) is 11. The second-order valence-corrected chi connectivity index (χ2v) is 16.4. The number of ether oxygens (including phenoxy) is 2. The average molecular weight is 774 g/mol. The fourth-order valence-electron chi connectivity index (χ4n) is 7.63. The number of halogens is 1. The first-order valence-electron chi connectivity index (χ1n) is 19.6. The molecular weight excluding hydrogens is 716 g/mol. The molecule has 0 bridgehead atoms. The van der Waals surface area contributed by atoms with Gasteiger partial charge in [0.05, 0.1) is 36.6 Å². The molecule has 13 nitrogen and oxygen atoms in total. The van der Waals surface area contributed by atoms with Gasteiger partial charge in [-0.3, -0.25) is 9.05 Å². The number of nitrogens with two attached hydrogens (primary N) is 1. The minimum Gasteiger partial charge on any atom is -0.387 e. The number of aromatic nitrogens is 3. The summed E-state index contributed by atoms with van der Waals surface area (Å²) in [4.78, 5) is 14.7. The molecule has 0 spiro atoms. The number of nitrogens with zero attached hydrogens (tertiary/aromatic N) is 4.